The van der Waals surface area contributed by atoms with E-state index in [1.165, 1.54) is 0 Å². The minimum Gasteiger partial charge on any atom is -0.456 e. The summed E-state index contributed by atoms with van der Waals surface area (Å²) in [5.41, 5.74) is 8.13. The number of esters is 1. The number of rotatable bonds is 9. The molecule has 0 aliphatic carbocycles. The number of urea groups is 1. The van der Waals surface area contributed by atoms with Crippen molar-refractivity contribution in [2.45, 2.75) is 25.8 Å². The van der Waals surface area contributed by atoms with Gasteiger partial charge in [-0.05, 0) is 42.2 Å². The molecule has 0 saturated heterocycles. The number of nitrogens with one attached hydrogen (secondary N) is 2. The molecule has 0 spiro atoms. The van der Waals surface area contributed by atoms with Crippen LogP contribution in [0.15, 0.2) is 48.5 Å². The van der Waals surface area contributed by atoms with Crippen LogP contribution >= 0.6 is 11.6 Å². The van der Waals surface area contributed by atoms with Crippen molar-refractivity contribution >= 4 is 29.5 Å². The lowest BCUT2D eigenvalue weighted by Crippen LogP contribution is -2.35. The predicted molar refractivity (Wildman–Crippen MR) is 110 cm³/mol. The number of hydrogen-bond acceptors (Lipinski definition) is 4. The van der Waals surface area contributed by atoms with Crippen molar-refractivity contribution in [1.82, 2.24) is 10.6 Å². The highest BCUT2D eigenvalue weighted by molar-refractivity contribution is 6.30. The number of primary amides is 1. The molecular weight excluding hydrogens is 394 g/mol. The number of carbonyl (C=O) groups is 3. The van der Waals surface area contributed by atoms with Crippen molar-refractivity contribution in [3.8, 4) is 0 Å². The topological polar surface area (TPSA) is 111 Å². The monoisotopic (exact) mass is 417 g/mol. The molecule has 2 aromatic carbocycles. The lowest BCUT2D eigenvalue weighted by Gasteiger charge is -2.17. The van der Waals surface area contributed by atoms with Crippen LogP contribution in [0, 0.1) is 6.92 Å². The Morgan fingerprint density at radius 3 is 2.45 bits per heavy atom. The van der Waals surface area contributed by atoms with Gasteiger partial charge >= 0.3 is 12.0 Å². The van der Waals surface area contributed by atoms with Crippen molar-refractivity contribution in [2.24, 2.45) is 5.73 Å². The van der Waals surface area contributed by atoms with Crippen LogP contribution in [0.1, 0.15) is 29.2 Å². The van der Waals surface area contributed by atoms with Gasteiger partial charge in [-0.15, -0.1) is 0 Å². The number of benzene rings is 2. The standard InChI is InChI=1S/C21H24ClN3O4/c1-14-4-2-3-5-15(14)10-11-24-19(26)13-29-20(27)12-18(25-21(23)28)16-6-8-17(22)9-7-16/h2-9,18H,10-13H2,1H3,(H,24,26)(H3,23,25,28)/t18-/m0/s1. The van der Waals surface area contributed by atoms with E-state index < -0.39 is 30.6 Å². The summed E-state index contributed by atoms with van der Waals surface area (Å²) in [7, 11) is 0. The largest absolute Gasteiger partial charge is 0.456 e. The molecule has 0 heterocycles. The molecule has 1 atom stereocenters. The summed E-state index contributed by atoms with van der Waals surface area (Å²) in [6.07, 6.45) is 0.522. The second-order valence-electron chi connectivity index (χ2n) is 6.50. The maximum atomic E-state index is 12.1. The minimum absolute atomic E-state index is 0.166. The summed E-state index contributed by atoms with van der Waals surface area (Å²) in [5, 5.41) is 5.73. The molecule has 8 heteroatoms. The summed E-state index contributed by atoms with van der Waals surface area (Å²) >= 11 is 5.85. The number of ether oxygens (including phenoxy) is 1. The number of nitrogens with two attached hydrogens (primary N) is 1. The molecule has 2 aromatic rings. The average molecular weight is 418 g/mol. The molecule has 154 valence electrons. The molecule has 0 bridgehead atoms. The summed E-state index contributed by atoms with van der Waals surface area (Å²) < 4.78 is 5.02. The van der Waals surface area contributed by atoms with Crippen LogP contribution in [-0.4, -0.2) is 31.1 Å². The first-order chi connectivity index (χ1) is 13.8. The van der Waals surface area contributed by atoms with Crippen LogP contribution in [0.25, 0.3) is 0 Å². The molecule has 0 unspecified atom stereocenters. The summed E-state index contributed by atoms with van der Waals surface area (Å²) in [6, 6.07) is 13.1. The zero-order valence-electron chi connectivity index (χ0n) is 16.1. The fourth-order valence-corrected chi connectivity index (χ4v) is 2.89. The van der Waals surface area contributed by atoms with Crippen molar-refractivity contribution < 1.29 is 19.1 Å². The Balaban J connectivity index is 1.78. The number of hydrogen-bond donors (Lipinski definition) is 3. The number of amides is 3. The first-order valence-corrected chi connectivity index (χ1v) is 9.51. The first-order valence-electron chi connectivity index (χ1n) is 9.13. The molecule has 0 aromatic heterocycles. The van der Waals surface area contributed by atoms with Crippen molar-refractivity contribution in [2.75, 3.05) is 13.2 Å². The van der Waals surface area contributed by atoms with Gasteiger partial charge in [0.1, 0.15) is 0 Å². The summed E-state index contributed by atoms with van der Waals surface area (Å²) in [6.45, 7) is 2.06. The van der Waals surface area contributed by atoms with E-state index in [1.54, 1.807) is 24.3 Å². The quantitative estimate of drug-likeness (QED) is 0.544. The van der Waals surface area contributed by atoms with Gasteiger partial charge in [-0.1, -0.05) is 48.0 Å². The Morgan fingerprint density at radius 2 is 1.79 bits per heavy atom. The van der Waals surface area contributed by atoms with E-state index in [2.05, 4.69) is 10.6 Å². The van der Waals surface area contributed by atoms with Crippen LogP contribution in [0.4, 0.5) is 4.79 Å². The molecule has 0 aliphatic heterocycles. The Labute approximate surface area is 174 Å². The van der Waals surface area contributed by atoms with Gasteiger partial charge in [0.25, 0.3) is 5.91 Å². The number of halogens is 1. The van der Waals surface area contributed by atoms with E-state index in [9.17, 15) is 14.4 Å². The Kier molecular flexibility index (Phi) is 8.48. The van der Waals surface area contributed by atoms with Gasteiger partial charge in [-0.3, -0.25) is 9.59 Å². The lowest BCUT2D eigenvalue weighted by molar-refractivity contribution is -0.149. The van der Waals surface area contributed by atoms with E-state index in [4.69, 9.17) is 22.1 Å². The third-order valence-corrected chi connectivity index (χ3v) is 4.55. The van der Waals surface area contributed by atoms with E-state index in [0.29, 0.717) is 23.6 Å². The van der Waals surface area contributed by atoms with Gasteiger partial charge in [0.15, 0.2) is 6.61 Å². The van der Waals surface area contributed by atoms with Crippen LogP contribution in [-0.2, 0) is 20.7 Å². The van der Waals surface area contributed by atoms with E-state index in [-0.39, 0.29) is 6.42 Å². The zero-order chi connectivity index (χ0) is 21.2. The van der Waals surface area contributed by atoms with Gasteiger partial charge < -0.3 is 21.1 Å². The SMILES string of the molecule is Cc1ccccc1CCNC(=O)COC(=O)C[C@H](NC(N)=O)c1ccc(Cl)cc1. The van der Waals surface area contributed by atoms with Crippen molar-refractivity contribution in [1.29, 1.82) is 0 Å². The third-order valence-electron chi connectivity index (χ3n) is 4.30. The Bertz CT molecular complexity index is 855. The highest BCUT2D eigenvalue weighted by Gasteiger charge is 2.19. The molecule has 0 saturated carbocycles. The fourth-order valence-electron chi connectivity index (χ4n) is 2.77. The average Bonchev–Trinajstić information content (AvgIpc) is 2.67. The summed E-state index contributed by atoms with van der Waals surface area (Å²) in [5.74, 6) is -1.02. The predicted octanol–water partition coefficient (Wildman–Crippen LogP) is 2.65. The molecule has 0 fully saturated rings. The second kappa shape index (κ2) is 11.1. The first kappa shape index (κ1) is 22.2. The third kappa shape index (κ3) is 7.83. The number of carbonyl (C=O) groups excluding carboxylic acids is 3. The highest BCUT2D eigenvalue weighted by atomic mass is 35.5. The van der Waals surface area contributed by atoms with Gasteiger partial charge in [-0.2, -0.15) is 0 Å². The van der Waals surface area contributed by atoms with Crippen LogP contribution < -0.4 is 16.4 Å². The maximum Gasteiger partial charge on any atom is 0.312 e. The zero-order valence-corrected chi connectivity index (χ0v) is 16.9. The normalized spacial score (nSPS) is 11.4. The fraction of sp³-hybridized carbons (Fsp3) is 0.286. The smallest absolute Gasteiger partial charge is 0.312 e. The van der Waals surface area contributed by atoms with Crippen LogP contribution in [0.3, 0.4) is 0 Å². The molecule has 4 N–H and O–H groups in total. The van der Waals surface area contributed by atoms with Crippen LogP contribution in [0.2, 0.25) is 5.02 Å². The van der Waals surface area contributed by atoms with Gasteiger partial charge in [0, 0.05) is 11.6 Å². The van der Waals surface area contributed by atoms with Crippen LogP contribution in [0.5, 0.6) is 0 Å². The van der Waals surface area contributed by atoms with Gasteiger partial charge in [-0.25, -0.2) is 4.79 Å². The van der Waals surface area contributed by atoms with Crippen molar-refractivity contribution in [3.05, 3.63) is 70.2 Å². The van der Waals surface area contributed by atoms with Gasteiger partial charge in [0.2, 0.25) is 0 Å². The second-order valence-corrected chi connectivity index (χ2v) is 6.94. The maximum absolute atomic E-state index is 12.1. The van der Waals surface area contributed by atoms with E-state index in [0.717, 1.165) is 11.1 Å². The molecule has 2 rings (SSSR count). The molecule has 29 heavy (non-hydrogen) atoms. The molecule has 7 nitrogen and oxygen atoms in total. The van der Waals surface area contributed by atoms with Crippen molar-refractivity contribution in [3.63, 3.8) is 0 Å². The minimum atomic E-state index is -0.772. The lowest BCUT2D eigenvalue weighted by atomic mass is 10.0. The van der Waals surface area contributed by atoms with E-state index in [1.807, 2.05) is 31.2 Å². The Morgan fingerprint density at radius 1 is 1.10 bits per heavy atom. The highest BCUT2D eigenvalue weighted by Crippen LogP contribution is 2.20. The van der Waals surface area contributed by atoms with Gasteiger partial charge in [0.05, 0.1) is 12.5 Å². The molecular formula is C21H24ClN3O4. The summed E-state index contributed by atoms with van der Waals surface area (Å²) in [4.78, 5) is 35.2. The number of aryl methyl sites for hydroxylation is 1. The molecule has 0 aliphatic rings. The molecule has 0 radical (unpaired) electrons. The molecule has 3 amide bonds. The van der Waals surface area contributed by atoms with E-state index >= 15 is 0 Å². The Hall–Kier alpha value is -3.06.